The molecule has 4 nitrogen and oxygen atoms in total. The number of hydrogen-bond acceptors (Lipinski definition) is 2. The lowest BCUT2D eigenvalue weighted by molar-refractivity contribution is -0.135. The maximum atomic E-state index is 11.5. The average molecular weight is 234 g/mol. The van der Waals surface area contributed by atoms with Crippen molar-refractivity contribution in [3.05, 3.63) is 29.8 Å². The van der Waals surface area contributed by atoms with Crippen LogP contribution in [0, 0.1) is 0 Å². The largest absolute Gasteiger partial charge is 0.351 e. The summed E-state index contributed by atoms with van der Waals surface area (Å²) in [6, 6.07) is 7.54. The second-order valence-electron chi connectivity index (χ2n) is 3.93. The van der Waals surface area contributed by atoms with Gasteiger partial charge in [-0.15, -0.1) is 0 Å². The summed E-state index contributed by atoms with van der Waals surface area (Å²) >= 11 is 0. The van der Waals surface area contributed by atoms with E-state index in [1.54, 1.807) is 0 Å². The second-order valence-corrected chi connectivity index (χ2v) is 3.93. The van der Waals surface area contributed by atoms with Gasteiger partial charge in [0.15, 0.2) is 0 Å². The quantitative estimate of drug-likeness (QED) is 0.784. The highest BCUT2D eigenvalue weighted by molar-refractivity contribution is 6.39. The summed E-state index contributed by atoms with van der Waals surface area (Å²) < 4.78 is 0. The summed E-state index contributed by atoms with van der Waals surface area (Å²) in [7, 11) is 1.43. The molecule has 92 valence electrons. The minimum Gasteiger partial charge on any atom is -0.351 e. The minimum atomic E-state index is -0.636. The van der Waals surface area contributed by atoms with Gasteiger partial charge in [0.1, 0.15) is 0 Å². The van der Waals surface area contributed by atoms with Crippen molar-refractivity contribution in [2.75, 3.05) is 12.4 Å². The zero-order valence-electron chi connectivity index (χ0n) is 10.4. The molecule has 0 bridgehead atoms. The first-order valence-corrected chi connectivity index (χ1v) is 5.72. The Balaban J connectivity index is 2.91. The molecule has 17 heavy (non-hydrogen) atoms. The summed E-state index contributed by atoms with van der Waals surface area (Å²) in [6.45, 7) is 4.17. The molecule has 0 saturated heterocycles. The Kier molecular flexibility index (Phi) is 4.69. The van der Waals surface area contributed by atoms with E-state index in [1.807, 2.05) is 24.3 Å². The van der Waals surface area contributed by atoms with Gasteiger partial charge in [-0.3, -0.25) is 9.59 Å². The Morgan fingerprint density at radius 2 is 1.88 bits per heavy atom. The molecule has 0 heterocycles. The maximum Gasteiger partial charge on any atom is 0.313 e. The molecular weight excluding hydrogens is 216 g/mol. The molecule has 0 aromatic heterocycles. The van der Waals surface area contributed by atoms with E-state index >= 15 is 0 Å². The maximum absolute atomic E-state index is 11.5. The van der Waals surface area contributed by atoms with Crippen LogP contribution in [0.1, 0.15) is 31.7 Å². The monoisotopic (exact) mass is 234 g/mol. The summed E-state index contributed by atoms with van der Waals surface area (Å²) in [4.78, 5) is 22.6. The SMILES string of the molecule is CCC(C)c1ccccc1NC(=O)C(=O)NC. The molecule has 1 aromatic rings. The van der Waals surface area contributed by atoms with E-state index in [-0.39, 0.29) is 0 Å². The fourth-order valence-corrected chi connectivity index (χ4v) is 1.55. The van der Waals surface area contributed by atoms with Crippen LogP contribution in [0.3, 0.4) is 0 Å². The number of anilines is 1. The Morgan fingerprint density at radius 3 is 2.47 bits per heavy atom. The van der Waals surface area contributed by atoms with Crippen molar-refractivity contribution in [1.82, 2.24) is 5.32 Å². The zero-order chi connectivity index (χ0) is 12.8. The van der Waals surface area contributed by atoms with Crippen molar-refractivity contribution in [3.8, 4) is 0 Å². The third-order valence-electron chi connectivity index (χ3n) is 2.79. The van der Waals surface area contributed by atoms with E-state index < -0.39 is 11.8 Å². The first kappa shape index (κ1) is 13.2. The minimum absolute atomic E-state index is 0.344. The third kappa shape index (κ3) is 3.31. The van der Waals surface area contributed by atoms with Gasteiger partial charge >= 0.3 is 11.8 Å². The molecule has 1 aromatic carbocycles. The van der Waals surface area contributed by atoms with Gasteiger partial charge in [-0.1, -0.05) is 32.0 Å². The van der Waals surface area contributed by atoms with Crippen molar-refractivity contribution in [2.45, 2.75) is 26.2 Å². The molecule has 0 radical (unpaired) electrons. The third-order valence-corrected chi connectivity index (χ3v) is 2.79. The fourth-order valence-electron chi connectivity index (χ4n) is 1.55. The summed E-state index contributed by atoms with van der Waals surface area (Å²) in [6.07, 6.45) is 0.979. The van der Waals surface area contributed by atoms with Crippen molar-refractivity contribution in [1.29, 1.82) is 0 Å². The Labute approximate surface area is 101 Å². The van der Waals surface area contributed by atoms with Gasteiger partial charge in [0, 0.05) is 12.7 Å². The molecule has 0 aliphatic rings. The normalized spacial score (nSPS) is 11.7. The van der Waals surface area contributed by atoms with Crippen LogP contribution < -0.4 is 10.6 Å². The number of carbonyl (C=O) groups is 2. The predicted molar refractivity (Wildman–Crippen MR) is 67.8 cm³/mol. The first-order chi connectivity index (χ1) is 8.10. The molecule has 1 rings (SSSR count). The van der Waals surface area contributed by atoms with Crippen molar-refractivity contribution < 1.29 is 9.59 Å². The highest BCUT2D eigenvalue weighted by Crippen LogP contribution is 2.26. The molecule has 1 unspecified atom stereocenters. The van der Waals surface area contributed by atoms with E-state index in [0.29, 0.717) is 11.6 Å². The number of rotatable bonds is 3. The van der Waals surface area contributed by atoms with Gasteiger partial charge in [-0.25, -0.2) is 0 Å². The van der Waals surface area contributed by atoms with Gasteiger partial charge in [-0.2, -0.15) is 0 Å². The van der Waals surface area contributed by atoms with Gasteiger partial charge in [0.25, 0.3) is 0 Å². The lowest BCUT2D eigenvalue weighted by Gasteiger charge is -2.15. The standard InChI is InChI=1S/C13H18N2O2/c1-4-9(2)10-7-5-6-8-11(10)15-13(17)12(16)14-3/h5-9H,4H2,1-3H3,(H,14,16)(H,15,17). The van der Waals surface area contributed by atoms with E-state index in [0.717, 1.165) is 12.0 Å². The number of carbonyl (C=O) groups excluding carboxylic acids is 2. The molecule has 0 fully saturated rings. The van der Waals surface area contributed by atoms with E-state index in [2.05, 4.69) is 24.5 Å². The Bertz CT molecular complexity index is 416. The van der Waals surface area contributed by atoms with E-state index in [9.17, 15) is 9.59 Å². The van der Waals surface area contributed by atoms with Crippen LogP contribution in [0.2, 0.25) is 0 Å². The lowest BCUT2D eigenvalue weighted by Crippen LogP contribution is -2.33. The molecular formula is C13H18N2O2. The molecule has 0 spiro atoms. The zero-order valence-corrected chi connectivity index (χ0v) is 10.4. The summed E-state index contributed by atoms with van der Waals surface area (Å²) in [5, 5.41) is 4.92. The van der Waals surface area contributed by atoms with Crippen LogP contribution in [-0.4, -0.2) is 18.9 Å². The number of benzene rings is 1. The Hall–Kier alpha value is -1.84. The Morgan fingerprint density at radius 1 is 1.24 bits per heavy atom. The van der Waals surface area contributed by atoms with Crippen LogP contribution >= 0.6 is 0 Å². The summed E-state index contributed by atoms with van der Waals surface area (Å²) in [5.74, 6) is -0.927. The molecule has 2 amide bonds. The number of likely N-dealkylation sites (N-methyl/N-ethyl adjacent to an activating group) is 1. The lowest BCUT2D eigenvalue weighted by atomic mass is 9.97. The van der Waals surface area contributed by atoms with Crippen LogP contribution in [0.4, 0.5) is 5.69 Å². The van der Waals surface area contributed by atoms with Gasteiger partial charge in [-0.05, 0) is 24.0 Å². The number of nitrogens with one attached hydrogen (secondary N) is 2. The average Bonchev–Trinajstić information content (AvgIpc) is 2.37. The van der Waals surface area contributed by atoms with E-state index in [1.165, 1.54) is 7.05 Å². The molecule has 4 heteroatoms. The van der Waals surface area contributed by atoms with Gasteiger partial charge < -0.3 is 10.6 Å². The molecule has 0 aliphatic carbocycles. The number of para-hydroxylation sites is 1. The molecule has 1 atom stereocenters. The highest BCUT2D eigenvalue weighted by atomic mass is 16.2. The van der Waals surface area contributed by atoms with Crippen LogP contribution in [0.15, 0.2) is 24.3 Å². The molecule has 2 N–H and O–H groups in total. The van der Waals surface area contributed by atoms with Crippen LogP contribution in [0.5, 0.6) is 0 Å². The molecule has 0 aliphatic heterocycles. The number of amides is 2. The van der Waals surface area contributed by atoms with Crippen molar-refractivity contribution in [3.63, 3.8) is 0 Å². The smallest absolute Gasteiger partial charge is 0.313 e. The topological polar surface area (TPSA) is 58.2 Å². The first-order valence-electron chi connectivity index (χ1n) is 5.72. The molecule has 0 saturated carbocycles. The van der Waals surface area contributed by atoms with Gasteiger partial charge in [0.05, 0.1) is 0 Å². The van der Waals surface area contributed by atoms with Gasteiger partial charge in [0.2, 0.25) is 0 Å². The highest BCUT2D eigenvalue weighted by Gasteiger charge is 2.15. The van der Waals surface area contributed by atoms with Crippen LogP contribution in [-0.2, 0) is 9.59 Å². The van der Waals surface area contributed by atoms with Crippen LogP contribution in [0.25, 0.3) is 0 Å². The van der Waals surface area contributed by atoms with E-state index in [4.69, 9.17) is 0 Å². The van der Waals surface area contributed by atoms with Crippen molar-refractivity contribution >= 4 is 17.5 Å². The second kappa shape index (κ2) is 6.03. The summed E-state index contributed by atoms with van der Waals surface area (Å²) in [5.41, 5.74) is 1.75. The van der Waals surface area contributed by atoms with Crippen molar-refractivity contribution in [2.24, 2.45) is 0 Å². The fraction of sp³-hybridized carbons (Fsp3) is 0.385. The number of hydrogen-bond donors (Lipinski definition) is 2. The predicted octanol–water partition coefficient (Wildman–Crippen LogP) is 1.88.